The molecule has 0 spiro atoms. The molecule has 0 bridgehead atoms. The number of alkyl carbamates (subject to hydrolysis) is 1. The van der Waals surface area contributed by atoms with Gasteiger partial charge in [0, 0.05) is 12.5 Å². The minimum atomic E-state index is -0.965. The van der Waals surface area contributed by atoms with Crippen LogP contribution in [0.4, 0.5) is 4.79 Å². The number of benzene rings is 1. The van der Waals surface area contributed by atoms with E-state index in [4.69, 9.17) is 9.47 Å². The van der Waals surface area contributed by atoms with Crippen LogP contribution >= 0.6 is 0 Å². The summed E-state index contributed by atoms with van der Waals surface area (Å²) in [5.74, 6) is -1.21. The van der Waals surface area contributed by atoms with Gasteiger partial charge < -0.3 is 25.4 Å². The molecule has 0 aliphatic carbocycles. The third-order valence-electron chi connectivity index (χ3n) is 5.29. The first-order chi connectivity index (χ1) is 16.3. The molecule has 0 heterocycles. The average molecular weight is 492 g/mol. The van der Waals surface area contributed by atoms with E-state index in [0.29, 0.717) is 0 Å². The molecule has 0 saturated carbocycles. The number of amides is 3. The molecule has 3 atom stereocenters. The number of hydrogen-bond donors (Lipinski definition) is 3. The van der Waals surface area contributed by atoms with Crippen LogP contribution in [0.25, 0.3) is 0 Å². The molecule has 3 N–H and O–H groups in total. The number of ether oxygens (including phenoxy) is 2. The Labute approximate surface area is 208 Å². The van der Waals surface area contributed by atoms with Gasteiger partial charge in [0.25, 0.3) is 0 Å². The maximum absolute atomic E-state index is 12.9. The lowest BCUT2D eigenvalue weighted by Crippen LogP contribution is -2.55. The van der Waals surface area contributed by atoms with E-state index in [2.05, 4.69) is 16.0 Å². The Kier molecular flexibility index (Phi) is 12.3. The molecule has 3 unspecified atom stereocenters. The summed E-state index contributed by atoms with van der Waals surface area (Å²) in [5.41, 5.74) is 0.167. The first kappa shape index (κ1) is 29.9. The Morgan fingerprint density at radius 1 is 0.886 bits per heavy atom. The molecule has 9 nitrogen and oxygen atoms in total. The monoisotopic (exact) mass is 491 g/mol. The van der Waals surface area contributed by atoms with Crippen LogP contribution in [0.1, 0.15) is 73.3 Å². The molecule has 0 fully saturated rings. The number of carbonyl (C=O) groups is 4. The summed E-state index contributed by atoms with van der Waals surface area (Å²) in [6.45, 7) is 12.9. The highest BCUT2D eigenvalue weighted by atomic mass is 16.6. The van der Waals surface area contributed by atoms with Gasteiger partial charge in [0.05, 0.1) is 0 Å². The molecule has 35 heavy (non-hydrogen) atoms. The maximum Gasteiger partial charge on any atom is 0.408 e. The molecule has 9 heteroatoms. The smallest absolute Gasteiger partial charge is 0.408 e. The summed E-state index contributed by atoms with van der Waals surface area (Å²) in [5, 5.41) is 8.09. The molecular weight excluding hydrogens is 450 g/mol. The second-order valence-electron chi connectivity index (χ2n) is 9.89. The van der Waals surface area contributed by atoms with E-state index in [0.717, 1.165) is 5.56 Å². The van der Waals surface area contributed by atoms with Crippen molar-refractivity contribution < 1.29 is 28.7 Å². The molecule has 3 amide bonds. The van der Waals surface area contributed by atoms with E-state index in [9.17, 15) is 19.2 Å². The van der Waals surface area contributed by atoms with Crippen LogP contribution in [0, 0.1) is 5.92 Å². The van der Waals surface area contributed by atoms with Gasteiger partial charge in [-0.3, -0.25) is 14.4 Å². The highest BCUT2D eigenvalue weighted by Gasteiger charge is 2.28. The predicted octanol–water partition coefficient (Wildman–Crippen LogP) is 3.46. The summed E-state index contributed by atoms with van der Waals surface area (Å²) in [7, 11) is 0. The van der Waals surface area contributed by atoms with Gasteiger partial charge in [-0.1, -0.05) is 51.1 Å². The van der Waals surface area contributed by atoms with Gasteiger partial charge in [-0.05, 0) is 52.0 Å². The zero-order valence-electron chi connectivity index (χ0n) is 22.0. The molecular formula is C26H41N3O6. The topological polar surface area (TPSA) is 123 Å². The second kappa shape index (κ2) is 14.3. The van der Waals surface area contributed by atoms with Crippen molar-refractivity contribution >= 4 is 23.9 Å². The van der Waals surface area contributed by atoms with Gasteiger partial charge in [0.2, 0.25) is 11.8 Å². The molecule has 0 saturated heterocycles. The molecule has 0 radical (unpaired) electrons. The Balaban J connectivity index is 2.79. The lowest BCUT2D eigenvalue weighted by Gasteiger charge is -2.25. The average Bonchev–Trinajstić information content (AvgIpc) is 2.77. The molecule has 0 aliphatic rings. The van der Waals surface area contributed by atoms with Crippen LogP contribution in [0.5, 0.6) is 0 Å². The summed E-state index contributed by atoms with van der Waals surface area (Å²) >= 11 is 0. The van der Waals surface area contributed by atoms with E-state index in [-0.39, 0.29) is 37.8 Å². The zero-order valence-corrected chi connectivity index (χ0v) is 22.0. The standard InChI is InChI=1S/C26H41N3O6/c1-8-20(29-25(33)34-16-19-12-10-9-11-13-19)23(31)28-21(24(32)27-18(4)17(2)3)14-15-22(30)35-26(5,6)7/h9-13,17-18,20-21H,8,14-16H2,1-7H3,(H,27,32)(H,28,31)(H,29,33). The van der Waals surface area contributed by atoms with Gasteiger partial charge in [-0.15, -0.1) is 0 Å². The van der Waals surface area contributed by atoms with Crippen molar-refractivity contribution in [3.05, 3.63) is 35.9 Å². The minimum absolute atomic E-state index is 0.0466. The van der Waals surface area contributed by atoms with Crippen molar-refractivity contribution in [3.63, 3.8) is 0 Å². The van der Waals surface area contributed by atoms with Crippen molar-refractivity contribution in [3.8, 4) is 0 Å². The number of carbonyl (C=O) groups excluding carboxylic acids is 4. The molecule has 1 aromatic carbocycles. The fourth-order valence-electron chi connectivity index (χ4n) is 2.95. The number of nitrogens with one attached hydrogen (secondary N) is 3. The minimum Gasteiger partial charge on any atom is -0.460 e. The highest BCUT2D eigenvalue weighted by Crippen LogP contribution is 2.11. The predicted molar refractivity (Wildman–Crippen MR) is 133 cm³/mol. The van der Waals surface area contributed by atoms with E-state index in [1.165, 1.54) is 0 Å². The van der Waals surface area contributed by atoms with Gasteiger partial charge in [0.1, 0.15) is 24.3 Å². The lowest BCUT2D eigenvalue weighted by atomic mass is 10.0. The van der Waals surface area contributed by atoms with Crippen molar-refractivity contribution in [1.29, 1.82) is 0 Å². The van der Waals surface area contributed by atoms with Gasteiger partial charge in [0.15, 0.2) is 0 Å². The Hall–Kier alpha value is -3.10. The molecule has 196 valence electrons. The SMILES string of the molecule is CCC(NC(=O)OCc1ccccc1)C(=O)NC(CCC(=O)OC(C)(C)C)C(=O)NC(C)C(C)C. The normalized spacial score (nSPS) is 13.8. The summed E-state index contributed by atoms with van der Waals surface area (Å²) in [4.78, 5) is 50.2. The zero-order chi connectivity index (χ0) is 26.6. The van der Waals surface area contributed by atoms with Gasteiger partial charge in [-0.25, -0.2) is 4.79 Å². The van der Waals surface area contributed by atoms with Crippen LogP contribution in [-0.2, 0) is 30.5 Å². The lowest BCUT2D eigenvalue weighted by molar-refractivity contribution is -0.155. The maximum atomic E-state index is 12.9. The van der Waals surface area contributed by atoms with Crippen molar-refractivity contribution in [2.24, 2.45) is 5.92 Å². The van der Waals surface area contributed by atoms with Crippen LogP contribution in [0.3, 0.4) is 0 Å². The van der Waals surface area contributed by atoms with Crippen molar-refractivity contribution in [2.75, 3.05) is 0 Å². The van der Waals surface area contributed by atoms with Gasteiger partial charge >= 0.3 is 12.1 Å². The van der Waals surface area contributed by atoms with E-state index in [1.807, 2.05) is 51.1 Å². The van der Waals surface area contributed by atoms with Crippen LogP contribution in [0.2, 0.25) is 0 Å². The Morgan fingerprint density at radius 3 is 2.03 bits per heavy atom. The fourth-order valence-corrected chi connectivity index (χ4v) is 2.95. The van der Waals surface area contributed by atoms with Crippen LogP contribution < -0.4 is 16.0 Å². The molecule has 0 aromatic heterocycles. The number of rotatable bonds is 12. The van der Waals surface area contributed by atoms with Crippen molar-refractivity contribution in [1.82, 2.24) is 16.0 Å². The molecule has 1 aromatic rings. The molecule has 0 aliphatic heterocycles. The van der Waals surface area contributed by atoms with Crippen LogP contribution in [0.15, 0.2) is 30.3 Å². The number of hydrogen-bond acceptors (Lipinski definition) is 6. The highest BCUT2D eigenvalue weighted by molar-refractivity contribution is 5.91. The Bertz CT molecular complexity index is 835. The second-order valence-corrected chi connectivity index (χ2v) is 9.89. The fraction of sp³-hybridized carbons (Fsp3) is 0.615. The first-order valence-electron chi connectivity index (χ1n) is 12.1. The third kappa shape index (κ3) is 12.2. The van der Waals surface area contributed by atoms with E-state index < -0.39 is 41.6 Å². The summed E-state index contributed by atoms with van der Waals surface area (Å²) in [6.07, 6.45) is -0.435. The van der Waals surface area contributed by atoms with Gasteiger partial charge in [-0.2, -0.15) is 0 Å². The quantitative estimate of drug-likeness (QED) is 0.385. The van der Waals surface area contributed by atoms with Crippen molar-refractivity contribution in [2.45, 2.75) is 98.1 Å². The largest absolute Gasteiger partial charge is 0.460 e. The summed E-state index contributed by atoms with van der Waals surface area (Å²) in [6, 6.07) is 7.18. The first-order valence-corrected chi connectivity index (χ1v) is 12.1. The Morgan fingerprint density at radius 2 is 1.49 bits per heavy atom. The molecule has 1 rings (SSSR count). The van der Waals surface area contributed by atoms with Crippen LogP contribution in [-0.4, -0.2) is 47.6 Å². The third-order valence-corrected chi connectivity index (χ3v) is 5.29. The van der Waals surface area contributed by atoms with E-state index in [1.54, 1.807) is 27.7 Å². The number of esters is 1. The van der Waals surface area contributed by atoms with E-state index >= 15 is 0 Å². The summed E-state index contributed by atoms with van der Waals surface area (Å²) < 4.78 is 10.5.